The number of carbonyl (C=O) groups excluding carboxylic acids is 1. The Bertz CT molecular complexity index is 419. The number of nitrogens with one attached hydrogen (secondary N) is 1. The molecule has 0 unspecified atom stereocenters. The van der Waals surface area contributed by atoms with E-state index in [4.69, 9.17) is 4.74 Å². The Morgan fingerprint density at radius 3 is 2.47 bits per heavy atom. The number of rotatable bonds is 4. The van der Waals surface area contributed by atoms with E-state index in [0.717, 1.165) is 19.4 Å². The van der Waals surface area contributed by atoms with Gasteiger partial charge in [-0.05, 0) is 43.4 Å². The Hall–Kier alpha value is -1.35. The van der Waals surface area contributed by atoms with Crippen LogP contribution in [0, 0.1) is 0 Å². The second-order valence-corrected chi connectivity index (χ2v) is 5.59. The molecule has 0 radical (unpaired) electrons. The molecular weight excluding hydrogens is 238 g/mol. The minimum absolute atomic E-state index is 0.0155. The van der Waals surface area contributed by atoms with E-state index in [1.165, 1.54) is 5.56 Å². The van der Waals surface area contributed by atoms with E-state index in [2.05, 4.69) is 19.2 Å². The molecule has 104 valence electrons. The molecule has 0 saturated carbocycles. The first-order chi connectivity index (χ1) is 9.08. The van der Waals surface area contributed by atoms with Gasteiger partial charge in [0.1, 0.15) is 0 Å². The zero-order chi connectivity index (χ0) is 13.8. The smallest absolute Gasteiger partial charge is 0.251 e. The van der Waals surface area contributed by atoms with Gasteiger partial charge in [0.05, 0.1) is 12.1 Å². The third kappa shape index (κ3) is 3.57. The maximum Gasteiger partial charge on any atom is 0.251 e. The predicted molar refractivity (Wildman–Crippen MR) is 76.4 cm³/mol. The summed E-state index contributed by atoms with van der Waals surface area (Å²) in [4.78, 5) is 12.1. The SMILES string of the molecule is CC(C)c1ccc(C(=O)N[C@H](C)[C@H]2CCCO2)cc1. The van der Waals surface area contributed by atoms with Crippen LogP contribution in [0.3, 0.4) is 0 Å². The van der Waals surface area contributed by atoms with Crippen molar-refractivity contribution in [1.29, 1.82) is 0 Å². The normalized spacial score (nSPS) is 20.5. The van der Waals surface area contributed by atoms with Crippen LogP contribution in [0.2, 0.25) is 0 Å². The van der Waals surface area contributed by atoms with Gasteiger partial charge in [-0.1, -0.05) is 26.0 Å². The van der Waals surface area contributed by atoms with Crippen molar-refractivity contribution in [3.05, 3.63) is 35.4 Å². The van der Waals surface area contributed by atoms with Crippen molar-refractivity contribution in [2.24, 2.45) is 0 Å². The molecule has 1 aromatic carbocycles. The highest BCUT2D eigenvalue weighted by atomic mass is 16.5. The molecule has 1 N–H and O–H groups in total. The fraction of sp³-hybridized carbons (Fsp3) is 0.562. The van der Waals surface area contributed by atoms with Crippen LogP contribution in [-0.2, 0) is 4.74 Å². The predicted octanol–water partition coefficient (Wildman–Crippen LogP) is 3.11. The van der Waals surface area contributed by atoms with E-state index < -0.39 is 0 Å². The molecule has 2 rings (SSSR count). The van der Waals surface area contributed by atoms with Gasteiger partial charge in [0, 0.05) is 12.2 Å². The van der Waals surface area contributed by atoms with Crippen LogP contribution in [-0.4, -0.2) is 24.7 Å². The van der Waals surface area contributed by atoms with E-state index in [1.54, 1.807) is 0 Å². The summed E-state index contributed by atoms with van der Waals surface area (Å²) in [5, 5.41) is 3.02. The molecular formula is C16H23NO2. The van der Waals surface area contributed by atoms with Crippen LogP contribution in [0.25, 0.3) is 0 Å². The molecule has 3 nitrogen and oxygen atoms in total. The number of amides is 1. The lowest BCUT2D eigenvalue weighted by molar-refractivity contribution is 0.0712. The van der Waals surface area contributed by atoms with E-state index in [1.807, 2.05) is 31.2 Å². The molecule has 1 aliphatic rings. The van der Waals surface area contributed by atoms with Crippen LogP contribution in [0.4, 0.5) is 0 Å². The van der Waals surface area contributed by atoms with Crippen molar-refractivity contribution in [3.63, 3.8) is 0 Å². The van der Waals surface area contributed by atoms with Crippen molar-refractivity contribution < 1.29 is 9.53 Å². The molecule has 1 saturated heterocycles. The summed E-state index contributed by atoms with van der Waals surface area (Å²) in [7, 11) is 0. The molecule has 2 atom stereocenters. The van der Waals surface area contributed by atoms with Gasteiger partial charge in [0.2, 0.25) is 0 Å². The average Bonchev–Trinajstić information content (AvgIpc) is 2.92. The standard InChI is InChI=1S/C16H23NO2/c1-11(2)13-6-8-14(9-7-13)16(18)17-12(3)15-5-4-10-19-15/h6-9,11-12,15H,4-5,10H2,1-3H3,(H,17,18)/t12-,15-/m1/s1. The maximum atomic E-state index is 12.1. The molecule has 0 bridgehead atoms. The monoisotopic (exact) mass is 261 g/mol. The molecule has 19 heavy (non-hydrogen) atoms. The summed E-state index contributed by atoms with van der Waals surface area (Å²) in [5.74, 6) is 0.473. The molecule has 0 aliphatic carbocycles. The highest BCUT2D eigenvalue weighted by molar-refractivity contribution is 5.94. The summed E-state index contributed by atoms with van der Waals surface area (Å²) in [6.07, 6.45) is 2.29. The summed E-state index contributed by atoms with van der Waals surface area (Å²) in [6, 6.07) is 7.91. The minimum Gasteiger partial charge on any atom is -0.376 e. The topological polar surface area (TPSA) is 38.3 Å². The zero-order valence-electron chi connectivity index (χ0n) is 12.0. The van der Waals surface area contributed by atoms with E-state index in [9.17, 15) is 4.79 Å². The van der Waals surface area contributed by atoms with Crippen LogP contribution in [0.15, 0.2) is 24.3 Å². The first kappa shape index (κ1) is 14.1. The van der Waals surface area contributed by atoms with E-state index in [-0.39, 0.29) is 18.1 Å². The Balaban J connectivity index is 1.95. The quantitative estimate of drug-likeness (QED) is 0.904. The molecule has 1 aliphatic heterocycles. The molecule has 1 heterocycles. The lowest BCUT2D eigenvalue weighted by Gasteiger charge is -2.20. The molecule has 0 aromatic heterocycles. The van der Waals surface area contributed by atoms with Crippen LogP contribution >= 0.6 is 0 Å². The van der Waals surface area contributed by atoms with Gasteiger partial charge in [-0.2, -0.15) is 0 Å². The number of carbonyl (C=O) groups is 1. The van der Waals surface area contributed by atoms with Gasteiger partial charge in [0.15, 0.2) is 0 Å². The fourth-order valence-corrected chi connectivity index (χ4v) is 2.40. The summed E-state index contributed by atoms with van der Waals surface area (Å²) >= 11 is 0. The summed E-state index contributed by atoms with van der Waals surface area (Å²) in [5.41, 5.74) is 1.97. The largest absolute Gasteiger partial charge is 0.376 e. The number of benzene rings is 1. The number of ether oxygens (including phenoxy) is 1. The van der Waals surface area contributed by atoms with Crippen molar-refractivity contribution >= 4 is 5.91 Å². The van der Waals surface area contributed by atoms with Gasteiger partial charge < -0.3 is 10.1 Å². The van der Waals surface area contributed by atoms with Crippen molar-refractivity contribution in [2.75, 3.05) is 6.61 Å². The third-order valence-electron chi connectivity index (χ3n) is 3.72. The van der Waals surface area contributed by atoms with Gasteiger partial charge in [-0.15, -0.1) is 0 Å². The van der Waals surface area contributed by atoms with Crippen molar-refractivity contribution in [3.8, 4) is 0 Å². The molecule has 0 spiro atoms. The molecule has 1 fully saturated rings. The summed E-state index contributed by atoms with van der Waals surface area (Å²) in [6.45, 7) is 7.12. The van der Waals surface area contributed by atoms with E-state index >= 15 is 0 Å². The fourth-order valence-electron chi connectivity index (χ4n) is 2.40. The molecule has 1 amide bonds. The van der Waals surface area contributed by atoms with Gasteiger partial charge >= 0.3 is 0 Å². The maximum absolute atomic E-state index is 12.1. The first-order valence-corrected chi connectivity index (χ1v) is 7.10. The number of hydrogen-bond donors (Lipinski definition) is 1. The van der Waals surface area contributed by atoms with Crippen molar-refractivity contribution in [2.45, 2.75) is 51.7 Å². The lowest BCUT2D eigenvalue weighted by atomic mass is 10.0. The highest BCUT2D eigenvalue weighted by Gasteiger charge is 2.23. The van der Waals surface area contributed by atoms with Crippen LogP contribution in [0.1, 0.15) is 55.5 Å². The van der Waals surface area contributed by atoms with Crippen LogP contribution < -0.4 is 5.32 Å². The van der Waals surface area contributed by atoms with Crippen molar-refractivity contribution in [1.82, 2.24) is 5.32 Å². The second-order valence-electron chi connectivity index (χ2n) is 5.59. The molecule has 1 aromatic rings. The Kier molecular flexibility index (Phi) is 4.59. The Morgan fingerprint density at radius 2 is 1.95 bits per heavy atom. The molecule has 3 heteroatoms. The zero-order valence-corrected chi connectivity index (χ0v) is 12.0. The summed E-state index contributed by atoms with van der Waals surface area (Å²) < 4.78 is 5.59. The number of hydrogen-bond acceptors (Lipinski definition) is 2. The average molecular weight is 261 g/mol. The van der Waals surface area contributed by atoms with Gasteiger partial charge in [-0.3, -0.25) is 4.79 Å². The van der Waals surface area contributed by atoms with E-state index in [0.29, 0.717) is 11.5 Å². The Morgan fingerprint density at radius 1 is 1.26 bits per heavy atom. The lowest BCUT2D eigenvalue weighted by Crippen LogP contribution is -2.40. The second kappa shape index (κ2) is 6.20. The van der Waals surface area contributed by atoms with Gasteiger partial charge in [0.25, 0.3) is 5.91 Å². The van der Waals surface area contributed by atoms with Crippen LogP contribution in [0.5, 0.6) is 0 Å². The Labute approximate surface area is 115 Å². The highest BCUT2D eigenvalue weighted by Crippen LogP contribution is 2.17. The third-order valence-corrected chi connectivity index (χ3v) is 3.72. The first-order valence-electron chi connectivity index (χ1n) is 7.10. The van der Waals surface area contributed by atoms with Gasteiger partial charge in [-0.25, -0.2) is 0 Å². The minimum atomic E-state index is -0.0155.